The summed E-state index contributed by atoms with van der Waals surface area (Å²) >= 11 is 1.47. The lowest BCUT2D eigenvalue weighted by atomic mass is 9.95. The molecule has 6 nitrogen and oxygen atoms in total. The first-order chi connectivity index (χ1) is 14.6. The molecule has 1 amide bonds. The second kappa shape index (κ2) is 8.79. The minimum Gasteiger partial charge on any atom is -0.469 e. The highest BCUT2D eigenvalue weighted by atomic mass is 32.1. The Labute approximate surface area is 177 Å². The zero-order valence-electron chi connectivity index (χ0n) is 16.6. The molecule has 1 aliphatic carbocycles. The number of rotatable bonds is 6. The number of hydrogen-bond acceptors (Lipinski definition) is 5. The molecule has 2 heterocycles. The average Bonchev–Trinajstić information content (AvgIpc) is 3.42. The predicted molar refractivity (Wildman–Crippen MR) is 111 cm³/mol. The van der Waals surface area contributed by atoms with Crippen LogP contribution in [0.3, 0.4) is 0 Å². The number of esters is 1. The van der Waals surface area contributed by atoms with Crippen molar-refractivity contribution in [2.24, 2.45) is 0 Å². The third-order valence-corrected chi connectivity index (χ3v) is 6.24. The molecule has 0 fully saturated rings. The van der Waals surface area contributed by atoms with E-state index in [1.807, 2.05) is 17.5 Å². The summed E-state index contributed by atoms with van der Waals surface area (Å²) in [5.74, 6) is -1.04. The van der Waals surface area contributed by atoms with Gasteiger partial charge in [-0.2, -0.15) is 5.10 Å². The van der Waals surface area contributed by atoms with Gasteiger partial charge in [0.15, 0.2) is 5.69 Å². The molecule has 156 valence electrons. The Balaban J connectivity index is 1.66. The minimum absolute atomic E-state index is 0.0453. The van der Waals surface area contributed by atoms with Gasteiger partial charge in [0.1, 0.15) is 5.82 Å². The van der Waals surface area contributed by atoms with Crippen LogP contribution in [0.1, 0.15) is 51.9 Å². The number of nitrogens with one attached hydrogen (secondary N) is 1. The topological polar surface area (TPSA) is 73.2 Å². The van der Waals surface area contributed by atoms with Gasteiger partial charge in [-0.15, -0.1) is 11.3 Å². The fourth-order valence-electron chi connectivity index (χ4n) is 3.77. The molecule has 3 aromatic rings. The molecule has 1 N–H and O–H groups in total. The number of carbonyl (C=O) groups is 2. The Hall–Kier alpha value is -3.00. The Bertz CT molecular complexity index is 1040. The molecule has 1 atom stereocenters. The van der Waals surface area contributed by atoms with E-state index in [2.05, 4.69) is 10.4 Å². The van der Waals surface area contributed by atoms with E-state index in [4.69, 9.17) is 4.74 Å². The number of nitrogens with zero attached hydrogens (tertiary/aromatic N) is 2. The van der Waals surface area contributed by atoms with Gasteiger partial charge in [0, 0.05) is 16.1 Å². The van der Waals surface area contributed by atoms with Crippen molar-refractivity contribution in [3.05, 3.63) is 69.4 Å². The Morgan fingerprint density at radius 2 is 2.00 bits per heavy atom. The number of hydrogen-bond donors (Lipinski definition) is 1. The van der Waals surface area contributed by atoms with E-state index >= 15 is 0 Å². The number of ether oxygens (including phenoxy) is 1. The SMILES string of the molecule is COC(=O)CC(NC(=O)c1nn(-c2ccc(F)cc2)c2c1CCCC2)c1cccs1. The first-order valence-electron chi connectivity index (χ1n) is 9.84. The van der Waals surface area contributed by atoms with Crippen molar-refractivity contribution in [3.8, 4) is 5.69 Å². The number of thiophene rings is 1. The smallest absolute Gasteiger partial charge is 0.307 e. The Kier molecular flexibility index (Phi) is 5.94. The van der Waals surface area contributed by atoms with Crippen LogP contribution in [-0.2, 0) is 22.4 Å². The molecule has 2 aromatic heterocycles. The van der Waals surface area contributed by atoms with Gasteiger partial charge in [-0.1, -0.05) is 6.07 Å². The quantitative estimate of drug-likeness (QED) is 0.604. The third-order valence-electron chi connectivity index (χ3n) is 5.26. The molecule has 0 radical (unpaired) electrons. The lowest BCUT2D eigenvalue weighted by Gasteiger charge is -2.17. The van der Waals surface area contributed by atoms with Gasteiger partial charge in [-0.05, 0) is 61.4 Å². The van der Waals surface area contributed by atoms with Crippen LogP contribution < -0.4 is 5.32 Å². The molecule has 1 aromatic carbocycles. The lowest BCUT2D eigenvalue weighted by molar-refractivity contribution is -0.141. The summed E-state index contributed by atoms with van der Waals surface area (Å²) in [6.45, 7) is 0. The number of fused-ring (bicyclic) bond motifs is 1. The van der Waals surface area contributed by atoms with Crippen molar-refractivity contribution < 1.29 is 18.7 Å². The summed E-state index contributed by atoms with van der Waals surface area (Å²) in [7, 11) is 1.33. The van der Waals surface area contributed by atoms with Gasteiger partial charge in [0.25, 0.3) is 5.91 Å². The molecule has 8 heteroatoms. The maximum atomic E-state index is 13.4. The molecule has 1 unspecified atom stereocenters. The summed E-state index contributed by atoms with van der Waals surface area (Å²) < 4.78 is 19.9. The van der Waals surface area contributed by atoms with Crippen LogP contribution in [-0.4, -0.2) is 28.8 Å². The normalized spacial score (nSPS) is 14.1. The summed E-state index contributed by atoms with van der Waals surface area (Å²) in [6, 6.07) is 9.35. The van der Waals surface area contributed by atoms with E-state index in [-0.39, 0.29) is 18.1 Å². The zero-order chi connectivity index (χ0) is 21.1. The van der Waals surface area contributed by atoms with Gasteiger partial charge < -0.3 is 10.1 Å². The molecule has 0 aliphatic heterocycles. The molecular formula is C22H22FN3O3S. The number of carbonyl (C=O) groups excluding carboxylic acids is 2. The average molecular weight is 428 g/mol. The van der Waals surface area contributed by atoms with E-state index < -0.39 is 12.0 Å². The highest BCUT2D eigenvalue weighted by Crippen LogP contribution is 2.28. The fourth-order valence-corrected chi connectivity index (χ4v) is 4.54. The van der Waals surface area contributed by atoms with Crippen LogP contribution in [0.25, 0.3) is 5.69 Å². The molecule has 0 saturated heterocycles. The van der Waals surface area contributed by atoms with Crippen molar-refractivity contribution in [1.82, 2.24) is 15.1 Å². The number of halogens is 1. The molecule has 4 rings (SSSR count). The zero-order valence-corrected chi connectivity index (χ0v) is 17.4. The number of methoxy groups -OCH3 is 1. The third kappa shape index (κ3) is 4.14. The summed E-state index contributed by atoms with van der Waals surface area (Å²) in [6.07, 6.45) is 3.62. The van der Waals surface area contributed by atoms with Crippen LogP contribution in [0.4, 0.5) is 4.39 Å². The summed E-state index contributed by atoms with van der Waals surface area (Å²) in [5, 5.41) is 9.45. The van der Waals surface area contributed by atoms with Crippen molar-refractivity contribution in [2.75, 3.05) is 7.11 Å². The Morgan fingerprint density at radius 1 is 1.23 bits per heavy atom. The van der Waals surface area contributed by atoms with Gasteiger partial charge in [-0.25, -0.2) is 9.07 Å². The molecule has 30 heavy (non-hydrogen) atoms. The number of benzene rings is 1. The number of amides is 1. The fraction of sp³-hybridized carbons (Fsp3) is 0.318. The van der Waals surface area contributed by atoms with Gasteiger partial charge in [0.05, 0.1) is 25.3 Å². The second-order valence-electron chi connectivity index (χ2n) is 7.19. The van der Waals surface area contributed by atoms with E-state index in [9.17, 15) is 14.0 Å². The standard InChI is InChI=1S/C22H22FN3O3S/c1-29-20(27)13-17(19-7-4-12-30-19)24-22(28)21-16-5-2-3-6-18(16)26(25-21)15-10-8-14(23)9-11-15/h4,7-12,17H,2-3,5-6,13H2,1H3,(H,24,28). The molecule has 0 spiro atoms. The van der Waals surface area contributed by atoms with Crippen molar-refractivity contribution >= 4 is 23.2 Å². The van der Waals surface area contributed by atoms with Crippen LogP contribution in [0.2, 0.25) is 0 Å². The van der Waals surface area contributed by atoms with Crippen molar-refractivity contribution in [2.45, 2.75) is 38.1 Å². The first kappa shape index (κ1) is 20.3. The highest BCUT2D eigenvalue weighted by molar-refractivity contribution is 7.10. The second-order valence-corrected chi connectivity index (χ2v) is 8.17. The monoisotopic (exact) mass is 427 g/mol. The van der Waals surface area contributed by atoms with Crippen LogP contribution >= 0.6 is 11.3 Å². The molecule has 0 bridgehead atoms. The van der Waals surface area contributed by atoms with Gasteiger partial charge >= 0.3 is 5.97 Å². The van der Waals surface area contributed by atoms with E-state index in [0.717, 1.165) is 47.5 Å². The Morgan fingerprint density at radius 3 is 2.70 bits per heavy atom. The van der Waals surface area contributed by atoms with Crippen molar-refractivity contribution in [3.63, 3.8) is 0 Å². The first-order valence-corrected chi connectivity index (χ1v) is 10.7. The van der Waals surface area contributed by atoms with Crippen LogP contribution in [0, 0.1) is 5.82 Å². The molecule has 1 aliphatic rings. The van der Waals surface area contributed by atoms with Gasteiger partial charge in [-0.3, -0.25) is 9.59 Å². The molecule has 0 saturated carbocycles. The largest absolute Gasteiger partial charge is 0.469 e. The summed E-state index contributed by atoms with van der Waals surface area (Å²) in [5.41, 5.74) is 2.99. The van der Waals surface area contributed by atoms with Crippen LogP contribution in [0.5, 0.6) is 0 Å². The van der Waals surface area contributed by atoms with Gasteiger partial charge in [0.2, 0.25) is 0 Å². The van der Waals surface area contributed by atoms with E-state index in [0.29, 0.717) is 5.69 Å². The number of aromatic nitrogens is 2. The van der Waals surface area contributed by atoms with E-state index in [1.165, 1.54) is 30.6 Å². The minimum atomic E-state index is -0.486. The molecular weight excluding hydrogens is 405 g/mol. The lowest BCUT2D eigenvalue weighted by Crippen LogP contribution is -2.31. The van der Waals surface area contributed by atoms with Crippen LogP contribution in [0.15, 0.2) is 41.8 Å². The highest BCUT2D eigenvalue weighted by Gasteiger charge is 2.28. The van der Waals surface area contributed by atoms with E-state index in [1.54, 1.807) is 16.8 Å². The van der Waals surface area contributed by atoms with Crippen molar-refractivity contribution in [1.29, 1.82) is 0 Å². The maximum Gasteiger partial charge on any atom is 0.307 e. The summed E-state index contributed by atoms with van der Waals surface area (Å²) in [4.78, 5) is 25.9. The predicted octanol–water partition coefficient (Wildman–Crippen LogP) is 3.99. The maximum absolute atomic E-state index is 13.4.